The van der Waals surface area contributed by atoms with E-state index in [1.165, 1.54) is 12.1 Å². The van der Waals surface area contributed by atoms with Crippen LogP contribution in [-0.2, 0) is 11.3 Å². The molecule has 4 rings (SSSR count). The number of ether oxygens (including phenoxy) is 1. The lowest BCUT2D eigenvalue weighted by Gasteiger charge is -2.27. The molecule has 0 radical (unpaired) electrons. The van der Waals surface area contributed by atoms with Crippen molar-refractivity contribution < 1.29 is 19.7 Å². The van der Waals surface area contributed by atoms with Crippen molar-refractivity contribution >= 4 is 16.7 Å². The van der Waals surface area contributed by atoms with Crippen molar-refractivity contribution in [1.29, 1.82) is 0 Å². The van der Waals surface area contributed by atoms with Gasteiger partial charge in [0, 0.05) is 42.8 Å². The van der Waals surface area contributed by atoms with Crippen LogP contribution in [0.3, 0.4) is 0 Å². The van der Waals surface area contributed by atoms with Gasteiger partial charge in [-0.25, -0.2) is 0 Å². The molecule has 0 atom stereocenters. The number of fused-ring (bicyclic) bond motifs is 1. The van der Waals surface area contributed by atoms with E-state index in [4.69, 9.17) is 4.74 Å². The van der Waals surface area contributed by atoms with Gasteiger partial charge in [-0.2, -0.15) is 0 Å². The summed E-state index contributed by atoms with van der Waals surface area (Å²) < 4.78 is 7.58. The molecule has 0 amide bonds. The van der Waals surface area contributed by atoms with Crippen molar-refractivity contribution in [3.05, 3.63) is 59.3 Å². The highest BCUT2D eigenvalue weighted by Gasteiger charge is 2.24. The summed E-state index contributed by atoms with van der Waals surface area (Å²) >= 11 is 0. The second-order valence-corrected chi connectivity index (χ2v) is 7.09. The number of benzene rings is 2. The van der Waals surface area contributed by atoms with E-state index in [2.05, 4.69) is 9.47 Å². The first-order valence-corrected chi connectivity index (χ1v) is 9.51. The van der Waals surface area contributed by atoms with E-state index < -0.39 is 0 Å². The van der Waals surface area contributed by atoms with Gasteiger partial charge in [-0.3, -0.25) is 9.69 Å². The third-order valence-corrected chi connectivity index (χ3v) is 5.46. The first-order valence-electron chi connectivity index (χ1n) is 9.51. The molecule has 6 heteroatoms. The van der Waals surface area contributed by atoms with Crippen LogP contribution in [0.25, 0.3) is 10.9 Å². The zero-order valence-electron chi connectivity index (χ0n) is 15.9. The third-order valence-electron chi connectivity index (χ3n) is 5.46. The number of nitrogens with zero attached hydrogens (tertiary/aromatic N) is 2. The largest absolute Gasteiger partial charge is 0.504 e. The number of para-hydroxylation sites is 2. The zero-order chi connectivity index (χ0) is 19.7. The normalized spacial score (nSPS) is 15.2. The van der Waals surface area contributed by atoms with Crippen molar-refractivity contribution in [3.63, 3.8) is 0 Å². The van der Waals surface area contributed by atoms with E-state index in [-0.39, 0.29) is 22.8 Å². The van der Waals surface area contributed by atoms with E-state index in [0.717, 1.165) is 56.0 Å². The number of hydrogen-bond donors (Lipinski definition) is 2. The molecule has 6 nitrogen and oxygen atoms in total. The van der Waals surface area contributed by atoms with Gasteiger partial charge in [0.15, 0.2) is 17.3 Å². The molecule has 28 heavy (non-hydrogen) atoms. The average Bonchev–Trinajstić information content (AvgIpc) is 3.00. The summed E-state index contributed by atoms with van der Waals surface area (Å²) in [6.07, 6.45) is 0. The smallest absolute Gasteiger partial charge is 0.199 e. The number of phenols is 2. The summed E-state index contributed by atoms with van der Waals surface area (Å²) in [4.78, 5) is 15.6. The molecular formula is C22H24N2O4. The fraction of sp³-hybridized carbons (Fsp3) is 0.318. The van der Waals surface area contributed by atoms with E-state index >= 15 is 0 Å². The monoisotopic (exact) mass is 380 g/mol. The lowest BCUT2D eigenvalue weighted by Crippen LogP contribution is -2.38. The lowest BCUT2D eigenvalue weighted by atomic mass is 9.99. The summed E-state index contributed by atoms with van der Waals surface area (Å²) in [7, 11) is 0. The molecule has 2 aromatic carbocycles. The second kappa shape index (κ2) is 7.66. The molecule has 0 unspecified atom stereocenters. The van der Waals surface area contributed by atoms with Crippen molar-refractivity contribution in [3.8, 4) is 11.5 Å². The van der Waals surface area contributed by atoms with Gasteiger partial charge in [0.2, 0.25) is 0 Å². The maximum atomic E-state index is 13.3. The SMILES string of the molecule is Cc1c(C(=O)c2cccc(O)c2O)c2ccccc2n1CCN1CCOCC1. The molecule has 0 saturated carbocycles. The van der Waals surface area contributed by atoms with Gasteiger partial charge >= 0.3 is 0 Å². The van der Waals surface area contributed by atoms with Crippen LogP contribution in [0, 0.1) is 6.92 Å². The second-order valence-electron chi connectivity index (χ2n) is 7.09. The number of carbonyl (C=O) groups excluding carboxylic acids is 1. The maximum absolute atomic E-state index is 13.3. The molecule has 1 fully saturated rings. The Hall–Kier alpha value is -2.83. The molecule has 2 N–H and O–H groups in total. The Morgan fingerprint density at radius 2 is 1.79 bits per heavy atom. The van der Waals surface area contributed by atoms with Crippen LogP contribution in [0.15, 0.2) is 42.5 Å². The number of carbonyl (C=O) groups is 1. The Labute approximate surface area is 163 Å². The number of aromatic hydroxyl groups is 2. The van der Waals surface area contributed by atoms with Crippen LogP contribution in [0.5, 0.6) is 11.5 Å². The summed E-state index contributed by atoms with van der Waals surface area (Å²) in [6.45, 7) is 6.94. The Morgan fingerprint density at radius 1 is 1.04 bits per heavy atom. The van der Waals surface area contributed by atoms with Crippen LogP contribution in [0.4, 0.5) is 0 Å². The van der Waals surface area contributed by atoms with Gasteiger partial charge in [-0.15, -0.1) is 0 Å². The number of phenolic OH excluding ortho intramolecular Hbond substituents is 2. The molecule has 2 heterocycles. The van der Waals surface area contributed by atoms with Crippen LogP contribution in [-0.4, -0.2) is 58.3 Å². The first kappa shape index (κ1) is 18.5. The first-order chi connectivity index (χ1) is 13.6. The van der Waals surface area contributed by atoms with Gasteiger partial charge in [-0.1, -0.05) is 24.3 Å². The lowest BCUT2D eigenvalue weighted by molar-refractivity contribution is 0.0365. The predicted molar refractivity (Wildman–Crippen MR) is 107 cm³/mol. The standard InChI is InChI=1S/C22H24N2O4/c1-15-20(22(27)17-6-4-8-19(25)21(17)26)16-5-2-3-7-18(16)24(15)10-9-23-11-13-28-14-12-23/h2-8,25-26H,9-14H2,1H3. The number of rotatable bonds is 5. The van der Waals surface area contributed by atoms with Crippen molar-refractivity contribution in [2.24, 2.45) is 0 Å². The third kappa shape index (κ3) is 3.25. The molecule has 1 aliphatic heterocycles. The zero-order valence-corrected chi connectivity index (χ0v) is 15.9. The maximum Gasteiger partial charge on any atom is 0.199 e. The number of aromatic nitrogens is 1. The molecule has 3 aromatic rings. The van der Waals surface area contributed by atoms with Gasteiger partial charge in [-0.05, 0) is 25.1 Å². The van der Waals surface area contributed by atoms with Crippen molar-refractivity contribution in [2.75, 3.05) is 32.8 Å². The Balaban J connectivity index is 1.73. The minimum atomic E-state index is -0.378. The molecule has 0 bridgehead atoms. The van der Waals surface area contributed by atoms with Crippen LogP contribution in [0.1, 0.15) is 21.6 Å². The molecule has 1 aliphatic rings. The quantitative estimate of drug-likeness (QED) is 0.526. The van der Waals surface area contributed by atoms with E-state index in [9.17, 15) is 15.0 Å². The van der Waals surface area contributed by atoms with Crippen LogP contribution < -0.4 is 0 Å². The van der Waals surface area contributed by atoms with E-state index in [1.807, 2.05) is 31.2 Å². The Bertz CT molecular complexity index is 1020. The molecular weight excluding hydrogens is 356 g/mol. The van der Waals surface area contributed by atoms with Crippen LogP contribution in [0.2, 0.25) is 0 Å². The predicted octanol–water partition coefficient (Wildman–Crippen LogP) is 2.92. The summed E-state index contributed by atoms with van der Waals surface area (Å²) in [5.74, 6) is -0.955. The van der Waals surface area contributed by atoms with Gasteiger partial charge < -0.3 is 19.5 Å². The highest BCUT2D eigenvalue weighted by atomic mass is 16.5. The minimum Gasteiger partial charge on any atom is -0.504 e. The molecule has 146 valence electrons. The highest BCUT2D eigenvalue weighted by molar-refractivity contribution is 6.18. The summed E-state index contributed by atoms with van der Waals surface area (Å²) in [5, 5.41) is 20.8. The highest BCUT2D eigenvalue weighted by Crippen LogP contribution is 2.34. The average molecular weight is 380 g/mol. The molecule has 1 aromatic heterocycles. The Morgan fingerprint density at radius 3 is 2.57 bits per heavy atom. The minimum absolute atomic E-state index is 0.110. The van der Waals surface area contributed by atoms with Crippen LogP contribution >= 0.6 is 0 Å². The van der Waals surface area contributed by atoms with Gasteiger partial charge in [0.05, 0.1) is 24.3 Å². The van der Waals surface area contributed by atoms with Crippen molar-refractivity contribution in [2.45, 2.75) is 13.5 Å². The fourth-order valence-corrected chi connectivity index (χ4v) is 3.92. The van der Waals surface area contributed by atoms with Crippen molar-refractivity contribution in [1.82, 2.24) is 9.47 Å². The fourth-order valence-electron chi connectivity index (χ4n) is 3.92. The molecule has 1 saturated heterocycles. The topological polar surface area (TPSA) is 74.9 Å². The number of morpholine rings is 1. The summed E-state index contributed by atoms with van der Waals surface area (Å²) in [5.41, 5.74) is 2.54. The van der Waals surface area contributed by atoms with Gasteiger partial charge in [0.25, 0.3) is 0 Å². The molecule has 0 aliphatic carbocycles. The number of hydrogen-bond acceptors (Lipinski definition) is 5. The summed E-state index contributed by atoms with van der Waals surface area (Å²) in [6, 6.07) is 12.3. The number of ketones is 1. The van der Waals surface area contributed by atoms with E-state index in [0.29, 0.717) is 5.56 Å². The van der Waals surface area contributed by atoms with Gasteiger partial charge in [0.1, 0.15) is 0 Å². The Kier molecular flexibility index (Phi) is 5.07. The molecule has 0 spiro atoms. The van der Waals surface area contributed by atoms with E-state index in [1.54, 1.807) is 6.07 Å².